The molecule has 1 saturated heterocycles. The van der Waals surface area contributed by atoms with Crippen molar-refractivity contribution in [2.75, 3.05) is 18.0 Å². The SMILES string of the molecule is NC(=O)c1ccc(N2CCC(C(=O)c3ccc(F)cc3)CC2)c([N+](=O)[O-])c1. The third-order valence-corrected chi connectivity index (χ3v) is 4.79. The lowest BCUT2D eigenvalue weighted by atomic mass is 9.88. The Morgan fingerprint density at radius 2 is 1.67 bits per heavy atom. The van der Waals surface area contributed by atoms with Crippen LogP contribution in [0.4, 0.5) is 15.8 Å². The molecule has 0 bridgehead atoms. The largest absolute Gasteiger partial charge is 0.366 e. The number of nitro benzene ring substituents is 1. The van der Waals surface area contributed by atoms with Gasteiger partial charge in [-0.1, -0.05) is 0 Å². The normalized spacial score (nSPS) is 14.8. The number of carbonyl (C=O) groups excluding carboxylic acids is 2. The average molecular weight is 371 g/mol. The molecule has 1 aliphatic heterocycles. The van der Waals surface area contributed by atoms with Gasteiger partial charge in [0.2, 0.25) is 5.91 Å². The predicted octanol–water partition coefficient (Wildman–Crippen LogP) is 2.93. The van der Waals surface area contributed by atoms with E-state index in [0.29, 0.717) is 37.2 Å². The number of benzene rings is 2. The third kappa shape index (κ3) is 3.94. The van der Waals surface area contributed by atoms with Gasteiger partial charge < -0.3 is 10.6 Å². The number of Topliss-reactive ketones (excluding diaryl/α,β-unsaturated/α-hetero) is 1. The highest BCUT2D eigenvalue weighted by Crippen LogP contribution is 2.33. The Balaban J connectivity index is 1.74. The first-order valence-electron chi connectivity index (χ1n) is 8.50. The van der Waals surface area contributed by atoms with Gasteiger partial charge in [-0.2, -0.15) is 0 Å². The minimum atomic E-state index is -0.728. The number of anilines is 1. The van der Waals surface area contributed by atoms with Crippen molar-refractivity contribution >= 4 is 23.1 Å². The molecule has 2 N–H and O–H groups in total. The van der Waals surface area contributed by atoms with E-state index >= 15 is 0 Å². The molecule has 3 rings (SSSR count). The zero-order valence-corrected chi connectivity index (χ0v) is 14.4. The molecular weight excluding hydrogens is 353 g/mol. The van der Waals surface area contributed by atoms with E-state index in [9.17, 15) is 24.1 Å². The van der Waals surface area contributed by atoms with E-state index in [0.717, 1.165) is 0 Å². The van der Waals surface area contributed by atoms with Crippen molar-refractivity contribution in [3.63, 3.8) is 0 Å². The molecule has 0 atom stereocenters. The molecule has 1 heterocycles. The van der Waals surface area contributed by atoms with Gasteiger partial charge in [0.15, 0.2) is 5.78 Å². The summed E-state index contributed by atoms with van der Waals surface area (Å²) in [6.45, 7) is 0.933. The first kappa shape index (κ1) is 18.5. The molecule has 2 aromatic rings. The summed E-state index contributed by atoms with van der Waals surface area (Å²) < 4.78 is 13.0. The number of hydrogen-bond acceptors (Lipinski definition) is 5. The van der Waals surface area contributed by atoms with E-state index in [-0.39, 0.29) is 23.0 Å². The molecule has 1 fully saturated rings. The molecule has 0 unspecified atom stereocenters. The number of ketones is 1. The van der Waals surface area contributed by atoms with Crippen LogP contribution in [-0.4, -0.2) is 29.7 Å². The second-order valence-electron chi connectivity index (χ2n) is 6.46. The summed E-state index contributed by atoms with van der Waals surface area (Å²) in [5.74, 6) is -1.38. The number of halogens is 1. The fourth-order valence-electron chi connectivity index (χ4n) is 3.32. The molecular formula is C19H18FN3O4. The number of rotatable bonds is 5. The smallest absolute Gasteiger partial charge is 0.293 e. The van der Waals surface area contributed by atoms with Crippen LogP contribution in [0.25, 0.3) is 0 Å². The van der Waals surface area contributed by atoms with E-state index in [1.165, 1.54) is 42.5 Å². The lowest BCUT2D eigenvalue weighted by Crippen LogP contribution is -2.36. The lowest BCUT2D eigenvalue weighted by Gasteiger charge is -2.32. The molecule has 0 spiro atoms. The van der Waals surface area contributed by atoms with Crippen LogP contribution in [0.3, 0.4) is 0 Å². The van der Waals surface area contributed by atoms with E-state index in [2.05, 4.69) is 0 Å². The van der Waals surface area contributed by atoms with Crippen molar-refractivity contribution < 1.29 is 18.9 Å². The quantitative estimate of drug-likeness (QED) is 0.494. The van der Waals surface area contributed by atoms with Crippen molar-refractivity contribution in [1.29, 1.82) is 0 Å². The van der Waals surface area contributed by atoms with Crippen LogP contribution in [-0.2, 0) is 0 Å². The van der Waals surface area contributed by atoms with Crippen molar-refractivity contribution in [3.05, 3.63) is 69.5 Å². The molecule has 0 aliphatic carbocycles. The summed E-state index contributed by atoms with van der Waals surface area (Å²) in [5, 5.41) is 11.4. The van der Waals surface area contributed by atoms with Gasteiger partial charge >= 0.3 is 0 Å². The molecule has 0 saturated carbocycles. The molecule has 1 aliphatic rings. The maximum Gasteiger partial charge on any atom is 0.293 e. The van der Waals surface area contributed by atoms with Gasteiger partial charge in [-0.25, -0.2) is 4.39 Å². The number of nitro groups is 1. The second kappa shape index (κ2) is 7.53. The van der Waals surface area contributed by atoms with E-state index in [1.807, 2.05) is 4.90 Å². The van der Waals surface area contributed by atoms with Crippen molar-refractivity contribution in [3.8, 4) is 0 Å². The number of piperidine rings is 1. The van der Waals surface area contributed by atoms with Gasteiger partial charge in [0.05, 0.1) is 4.92 Å². The zero-order valence-electron chi connectivity index (χ0n) is 14.4. The minimum Gasteiger partial charge on any atom is -0.366 e. The number of hydrogen-bond donors (Lipinski definition) is 1. The Bertz CT molecular complexity index is 890. The molecule has 140 valence electrons. The van der Waals surface area contributed by atoms with Crippen molar-refractivity contribution in [1.82, 2.24) is 0 Å². The topological polar surface area (TPSA) is 107 Å². The Labute approximate surface area is 154 Å². The van der Waals surface area contributed by atoms with Crippen LogP contribution < -0.4 is 10.6 Å². The monoisotopic (exact) mass is 371 g/mol. The second-order valence-corrected chi connectivity index (χ2v) is 6.46. The Morgan fingerprint density at radius 1 is 1.07 bits per heavy atom. The number of primary amides is 1. The van der Waals surface area contributed by atoms with Gasteiger partial charge in [0, 0.05) is 36.2 Å². The molecule has 0 aromatic heterocycles. The van der Waals surface area contributed by atoms with E-state index < -0.39 is 16.6 Å². The maximum atomic E-state index is 13.0. The van der Waals surface area contributed by atoms with Gasteiger partial charge in [0.1, 0.15) is 11.5 Å². The molecule has 0 radical (unpaired) electrons. The third-order valence-electron chi connectivity index (χ3n) is 4.79. The molecule has 7 nitrogen and oxygen atoms in total. The molecule has 27 heavy (non-hydrogen) atoms. The van der Waals surface area contributed by atoms with Crippen LogP contribution in [0, 0.1) is 21.8 Å². The maximum absolute atomic E-state index is 13.0. The van der Waals surface area contributed by atoms with Gasteiger partial charge in [-0.3, -0.25) is 19.7 Å². The van der Waals surface area contributed by atoms with Gasteiger partial charge in [-0.05, 0) is 49.2 Å². The summed E-state index contributed by atoms with van der Waals surface area (Å²) in [7, 11) is 0. The highest BCUT2D eigenvalue weighted by molar-refractivity contribution is 5.98. The lowest BCUT2D eigenvalue weighted by molar-refractivity contribution is -0.384. The number of nitrogens with two attached hydrogens (primary N) is 1. The summed E-state index contributed by atoms with van der Waals surface area (Å²) >= 11 is 0. The fraction of sp³-hybridized carbons (Fsp3) is 0.263. The van der Waals surface area contributed by atoms with Crippen molar-refractivity contribution in [2.45, 2.75) is 12.8 Å². The van der Waals surface area contributed by atoms with Crippen LogP contribution in [0.5, 0.6) is 0 Å². The predicted molar refractivity (Wildman–Crippen MR) is 97.3 cm³/mol. The van der Waals surface area contributed by atoms with Gasteiger partial charge in [-0.15, -0.1) is 0 Å². The number of nitrogens with zero attached hydrogens (tertiary/aromatic N) is 2. The number of amides is 1. The summed E-state index contributed by atoms with van der Waals surface area (Å²) in [5.41, 5.74) is 5.95. The zero-order chi connectivity index (χ0) is 19.6. The first-order valence-corrected chi connectivity index (χ1v) is 8.50. The van der Waals surface area contributed by atoms with Crippen LogP contribution in [0.2, 0.25) is 0 Å². The molecule has 8 heteroatoms. The molecule has 2 aromatic carbocycles. The summed E-state index contributed by atoms with van der Waals surface area (Å²) in [6, 6.07) is 9.60. The van der Waals surface area contributed by atoms with Crippen LogP contribution in [0.15, 0.2) is 42.5 Å². The fourth-order valence-corrected chi connectivity index (χ4v) is 3.32. The summed E-state index contributed by atoms with van der Waals surface area (Å²) in [4.78, 5) is 36.5. The Morgan fingerprint density at radius 3 is 2.22 bits per heavy atom. The summed E-state index contributed by atoms with van der Waals surface area (Å²) in [6.07, 6.45) is 1.07. The number of carbonyl (C=O) groups is 2. The highest BCUT2D eigenvalue weighted by Gasteiger charge is 2.29. The minimum absolute atomic E-state index is 0.0479. The van der Waals surface area contributed by atoms with E-state index in [1.54, 1.807) is 0 Å². The Hall–Kier alpha value is -3.29. The standard InChI is InChI=1S/C19H18FN3O4/c20-15-4-1-12(2-5-15)18(24)13-7-9-22(10-8-13)16-6-3-14(19(21)25)11-17(16)23(26)27/h1-6,11,13H,7-10H2,(H2,21,25). The van der Waals surface area contributed by atoms with Crippen molar-refractivity contribution in [2.24, 2.45) is 11.7 Å². The van der Waals surface area contributed by atoms with Crippen LogP contribution in [0.1, 0.15) is 33.6 Å². The van der Waals surface area contributed by atoms with Crippen LogP contribution >= 0.6 is 0 Å². The highest BCUT2D eigenvalue weighted by atomic mass is 19.1. The molecule has 1 amide bonds. The Kier molecular flexibility index (Phi) is 5.16. The first-order chi connectivity index (χ1) is 12.9. The van der Waals surface area contributed by atoms with Gasteiger partial charge in [0.25, 0.3) is 5.69 Å². The average Bonchev–Trinajstić information content (AvgIpc) is 2.67. The van der Waals surface area contributed by atoms with E-state index in [4.69, 9.17) is 5.73 Å².